The Hall–Kier alpha value is -2.17. The van der Waals surface area contributed by atoms with Crippen LogP contribution in [0.25, 0.3) is 0 Å². The molecule has 5 nitrogen and oxygen atoms in total. The van der Waals surface area contributed by atoms with E-state index in [1.165, 1.54) is 6.07 Å². The highest BCUT2D eigenvalue weighted by Crippen LogP contribution is 2.24. The molecule has 0 saturated carbocycles. The van der Waals surface area contributed by atoms with E-state index in [0.717, 1.165) is 19.3 Å². The molecule has 1 unspecified atom stereocenters. The molecule has 1 aromatic rings. The first-order chi connectivity index (χ1) is 9.08. The molecule has 2 rings (SSSR count). The van der Waals surface area contributed by atoms with Gasteiger partial charge in [-0.3, -0.25) is 14.9 Å². The summed E-state index contributed by atoms with van der Waals surface area (Å²) in [6.07, 6.45) is 6.55. The number of allylic oxidation sites excluding steroid dienone is 2. The van der Waals surface area contributed by atoms with E-state index in [0.29, 0.717) is 11.3 Å². The molecule has 0 bridgehead atoms. The van der Waals surface area contributed by atoms with Crippen LogP contribution in [-0.2, 0) is 4.79 Å². The molecule has 0 spiro atoms. The number of aryl methyl sites for hydroxylation is 1. The van der Waals surface area contributed by atoms with E-state index in [2.05, 4.69) is 11.4 Å². The Bertz CT molecular complexity index is 537. The van der Waals surface area contributed by atoms with Crippen molar-refractivity contribution in [1.29, 1.82) is 0 Å². The van der Waals surface area contributed by atoms with Gasteiger partial charge in [-0.1, -0.05) is 18.2 Å². The number of nitro groups is 1. The maximum Gasteiger partial charge on any atom is 0.274 e. The zero-order valence-electron chi connectivity index (χ0n) is 10.8. The van der Waals surface area contributed by atoms with Gasteiger partial charge in [0.15, 0.2) is 0 Å². The Kier molecular flexibility index (Phi) is 3.94. The predicted molar refractivity (Wildman–Crippen MR) is 72.9 cm³/mol. The van der Waals surface area contributed by atoms with Crippen LogP contribution in [0.1, 0.15) is 24.8 Å². The van der Waals surface area contributed by atoms with E-state index in [1.54, 1.807) is 19.1 Å². The lowest BCUT2D eigenvalue weighted by atomic mass is 9.93. The molecule has 1 aliphatic rings. The molecular formula is C14H16N2O3. The first-order valence-electron chi connectivity index (χ1n) is 6.29. The Morgan fingerprint density at radius 2 is 2.21 bits per heavy atom. The van der Waals surface area contributed by atoms with E-state index in [4.69, 9.17) is 0 Å². The molecule has 0 fully saturated rings. The second kappa shape index (κ2) is 5.65. The maximum atomic E-state index is 12.0. The van der Waals surface area contributed by atoms with Gasteiger partial charge in [0.2, 0.25) is 5.91 Å². The van der Waals surface area contributed by atoms with Gasteiger partial charge in [0.1, 0.15) is 0 Å². The molecule has 19 heavy (non-hydrogen) atoms. The van der Waals surface area contributed by atoms with Gasteiger partial charge in [0, 0.05) is 23.2 Å². The minimum absolute atomic E-state index is 0.0290. The first kappa shape index (κ1) is 13.3. The van der Waals surface area contributed by atoms with E-state index < -0.39 is 4.92 Å². The highest BCUT2D eigenvalue weighted by Gasteiger charge is 2.19. The lowest BCUT2D eigenvalue weighted by Gasteiger charge is -2.17. The van der Waals surface area contributed by atoms with Crippen LogP contribution >= 0.6 is 0 Å². The molecule has 0 heterocycles. The third-order valence-corrected chi connectivity index (χ3v) is 3.31. The summed E-state index contributed by atoms with van der Waals surface area (Å²) in [6, 6.07) is 4.75. The fraction of sp³-hybridized carbons (Fsp3) is 0.357. The molecule has 5 heteroatoms. The van der Waals surface area contributed by atoms with E-state index in [-0.39, 0.29) is 17.5 Å². The molecule has 1 N–H and O–H groups in total. The zero-order valence-corrected chi connectivity index (χ0v) is 10.8. The van der Waals surface area contributed by atoms with Crippen LogP contribution in [-0.4, -0.2) is 10.8 Å². The van der Waals surface area contributed by atoms with Crippen molar-refractivity contribution in [3.8, 4) is 0 Å². The van der Waals surface area contributed by atoms with Gasteiger partial charge >= 0.3 is 0 Å². The predicted octanol–water partition coefficient (Wildman–Crippen LogP) is 3.20. The minimum atomic E-state index is -0.436. The number of carbonyl (C=O) groups excluding carboxylic acids is 1. The number of hydrogen-bond donors (Lipinski definition) is 1. The van der Waals surface area contributed by atoms with Crippen LogP contribution in [0.15, 0.2) is 30.4 Å². The summed E-state index contributed by atoms with van der Waals surface area (Å²) in [6.45, 7) is 1.68. The number of rotatable bonds is 3. The van der Waals surface area contributed by atoms with Crippen LogP contribution in [0.3, 0.4) is 0 Å². The van der Waals surface area contributed by atoms with E-state index in [9.17, 15) is 14.9 Å². The van der Waals surface area contributed by atoms with Crippen molar-refractivity contribution in [2.45, 2.75) is 26.2 Å². The Morgan fingerprint density at radius 1 is 1.42 bits per heavy atom. The SMILES string of the molecule is Cc1ccc(NC(=O)C2CC=CCC2)cc1[N+](=O)[O-]. The number of nitro benzene ring substituents is 1. The van der Waals surface area contributed by atoms with Crippen molar-refractivity contribution in [2.24, 2.45) is 5.92 Å². The van der Waals surface area contributed by atoms with Gasteiger partial charge in [-0.15, -0.1) is 0 Å². The van der Waals surface area contributed by atoms with Crippen molar-refractivity contribution < 1.29 is 9.72 Å². The summed E-state index contributed by atoms with van der Waals surface area (Å²) < 4.78 is 0. The standard InChI is InChI=1S/C14H16N2O3/c1-10-7-8-12(9-13(10)16(18)19)15-14(17)11-5-3-2-4-6-11/h2-3,7-9,11H,4-6H2,1H3,(H,15,17). The van der Waals surface area contributed by atoms with Crippen LogP contribution < -0.4 is 5.32 Å². The molecule has 1 atom stereocenters. The van der Waals surface area contributed by atoms with Crippen LogP contribution in [0.5, 0.6) is 0 Å². The summed E-state index contributed by atoms with van der Waals surface area (Å²) in [5, 5.41) is 13.6. The average molecular weight is 260 g/mol. The molecule has 1 amide bonds. The highest BCUT2D eigenvalue weighted by molar-refractivity contribution is 5.93. The van der Waals surface area contributed by atoms with Crippen molar-refractivity contribution >= 4 is 17.3 Å². The smallest absolute Gasteiger partial charge is 0.274 e. The van der Waals surface area contributed by atoms with Crippen LogP contribution in [0.4, 0.5) is 11.4 Å². The Labute approximate surface area is 111 Å². The molecule has 0 aromatic heterocycles. The van der Waals surface area contributed by atoms with Crippen molar-refractivity contribution in [3.05, 3.63) is 46.0 Å². The van der Waals surface area contributed by atoms with Crippen molar-refractivity contribution in [2.75, 3.05) is 5.32 Å². The highest BCUT2D eigenvalue weighted by atomic mass is 16.6. The molecule has 1 aliphatic carbocycles. The summed E-state index contributed by atoms with van der Waals surface area (Å²) in [5.41, 5.74) is 1.10. The van der Waals surface area contributed by atoms with E-state index >= 15 is 0 Å². The normalized spacial score (nSPS) is 18.1. The average Bonchev–Trinajstić information content (AvgIpc) is 2.41. The largest absolute Gasteiger partial charge is 0.326 e. The minimum Gasteiger partial charge on any atom is -0.326 e. The number of amides is 1. The molecule has 0 aliphatic heterocycles. The number of nitrogens with zero attached hydrogens (tertiary/aromatic N) is 1. The first-order valence-corrected chi connectivity index (χ1v) is 6.29. The lowest BCUT2D eigenvalue weighted by molar-refractivity contribution is -0.385. The second-order valence-corrected chi connectivity index (χ2v) is 4.73. The summed E-state index contributed by atoms with van der Waals surface area (Å²) in [5.74, 6) is -0.104. The number of benzene rings is 1. The molecule has 0 saturated heterocycles. The third-order valence-electron chi connectivity index (χ3n) is 3.31. The molecular weight excluding hydrogens is 244 g/mol. The quantitative estimate of drug-likeness (QED) is 0.515. The monoisotopic (exact) mass is 260 g/mol. The fourth-order valence-electron chi connectivity index (χ4n) is 2.16. The van der Waals surface area contributed by atoms with Crippen molar-refractivity contribution in [3.63, 3.8) is 0 Å². The summed E-state index contributed by atoms with van der Waals surface area (Å²) >= 11 is 0. The molecule has 1 aromatic carbocycles. The fourth-order valence-corrected chi connectivity index (χ4v) is 2.16. The van der Waals surface area contributed by atoms with Gasteiger partial charge < -0.3 is 5.32 Å². The Morgan fingerprint density at radius 3 is 2.84 bits per heavy atom. The van der Waals surface area contributed by atoms with Crippen LogP contribution in [0.2, 0.25) is 0 Å². The number of carbonyl (C=O) groups is 1. The van der Waals surface area contributed by atoms with Gasteiger partial charge in [0.05, 0.1) is 4.92 Å². The van der Waals surface area contributed by atoms with Crippen molar-refractivity contribution in [1.82, 2.24) is 0 Å². The summed E-state index contributed by atoms with van der Waals surface area (Å²) in [7, 11) is 0. The Balaban J connectivity index is 2.10. The number of anilines is 1. The summed E-state index contributed by atoms with van der Waals surface area (Å²) in [4.78, 5) is 22.4. The lowest BCUT2D eigenvalue weighted by Crippen LogP contribution is -2.23. The number of nitrogens with one attached hydrogen (secondary N) is 1. The molecule has 100 valence electrons. The number of hydrogen-bond acceptors (Lipinski definition) is 3. The van der Waals surface area contributed by atoms with Gasteiger partial charge in [-0.05, 0) is 32.3 Å². The van der Waals surface area contributed by atoms with Crippen LogP contribution in [0, 0.1) is 23.0 Å². The third kappa shape index (κ3) is 3.19. The zero-order chi connectivity index (χ0) is 13.8. The maximum absolute atomic E-state index is 12.0. The topological polar surface area (TPSA) is 72.2 Å². The molecule has 0 radical (unpaired) electrons. The van der Waals surface area contributed by atoms with Gasteiger partial charge in [-0.25, -0.2) is 0 Å². The van der Waals surface area contributed by atoms with E-state index in [1.807, 2.05) is 6.08 Å². The van der Waals surface area contributed by atoms with Gasteiger partial charge in [0.25, 0.3) is 5.69 Å². The second-order valence-electron chi connectivity index (χ2n) is 4.73. The van der Waals surface area contributed by atoms with Gasteiger partial charge in [-0.2, -0.15) is 0 Å².